The van der Waals surface area contributed by atoms with Crippen LogP contribution in [0.1, 0.15) is 25.0 Å². The number of nitrogens with one attached hydrogen (secondary N) is 1. The number of hydrogen-bond donors (Lipinski definition) is 1. The van der Waals surface area contributed by atoms with E-state index in [-0.39, 0.29) is 6.07 Å². The van der Waals surface area contributed by atoms with Gasteiger partial charge in [-0.05, 0) is 32.0 Å². The summed E-state index contributed by atoms with van der Waals surface area (Å²) in [5.74, 6) is 0. The van der Waals surface area contributed by atoms with Gasteiger partial charge in [0.15, 0.2) is 0 Å². The first-order chi connectivity index (χ1) is 8.85. The summed E-state index contributed by atoms with van der Waals surface area (Å²) in [6, 6.07) is 2.84. The van der Waals surface area contributed by atoms with E-state index in [1.807, 2.05) is 0 Å². The first-order valence-electron chi connectivity index (χ1n) is 5.34. The highest BCUT2D eigenvalue weighted by Gasteiger charge is 2.37. The van der Waals surface area contributed by atoms with Crippen LogP contribution < -0.4 is 5.32 Å². The van der Waals surface area contributed by atoms with Crippen LogP contribution >= 0.6 is 0 Å². The van der Waals surface area contributed by atoms with Crippen molar-refractivity contribution in [3.63, 3.8) is 0 Å². The summed E-state index contributed by atoms with van der Waals surface area (Å²) >= 11 is 0. The minimum absolute atomic E-state index is 0.0323. The van der Waals surface area contributed by atoms with Gasteiger partial charge in [0.2, 0.25) is 0 Å². The second-order valence-electron chi connectivity index (χ2n) is 4.66. The lowest BCUT2D eigenvalue weighted by molar-refractivity contribution is -0.143. The van der Waals surface area contributed by atoms with Crippen molar-refractivity contribution in [1.82, 2.24) is 0 Å². The van der Waals surface area contributed by atoms with Crippen LogP contribution in [0.15, 0.2) is 18.2 Å². The molecule has 0 aliphatic heterocycles. The number of alkyl halides is 6. The Bertz CT molecular complexity index is 504. The van der Waals surface area contributed by atoms with Crippen molar-refractivity contribution in [2.45, 2.75) is 31.7 Å². The molecule has 1 N–H and O–H groups in total. The van der Waals surface area contributed by atoms with Gasteiger partial charge in [0.25, 0.3) is 0 Å². The quantitative estimate of drug-likeness (QED) is 0.819. The van der Waals surface area contributed by atoms with E-state index in [0.29, 0.717) is 12.1 Å². The lowest BCUT2D eigenvalue weighted by Crippen LogP contribution is -2.28. The van der Waals surface area contributed by atoms with Crippen molar-refractivity contribution in [1.29, 1.82) is 5.26 Å². The number of halogens is 6. The van der Waals surface area contributed by atoms with Crippen LogP contribution in [0, 0.1) is 11.3 Å². The van der Waals surface area contributed by atoms with Gasteiger partial charge >= 0.3 is 12.4 Å². The smallest absolute Gasteiger partial charge is 0.368 e. The summed E-state index contributed by atoms with van der Waals surface area (Å²) in [6.07, 6.45) is -9.82. The number of benzene rings is 1. The Morgan fingerprint density at radius 3 is 1.60 bits per heavy atom. The van der Waals surface area contributed by atoms with Crippen LogP contribution in [0.3, 0.4) is 0 Å². The topological polar surface area (TPSA) is 35.8 Å². The summed E-state index contributed by atoms with van der Waals surface area (Å²) in [7, 11) is 0. The maximum Gasteiger partial charge on any atom is 0.416 e. The monoisotopic (exact) mass is 296 g/mol. The van der Waals surface area contributed by atoms with Gasteiger partial charge in [-0.2, -0.15) is 31.6 Å². The molecule has 0 spiro atoms. The third-order valence-corrected chi connectivity index (χ3v) is 2.32. The normalized spacial score (nSPS) is 12.9. The summed E-state index contributed by atoms with van der Waals surface area (Å²) in [6.45, 7) is 2.67. The van der Waals surface area contributed by atoms with Crippen molar-refractivity contribution in [3.8, 4) is 6.07 Å². The molecule has 0 fully saturated rings. The minimum Gasteiger partial charge on any atom is -0.368 e. The average Bonchev–Trinajstić information content (AvgIpc) is 2.25. The zero-order valence-corrected chi connectivity index (χ0v) is 10.4. The fourth-order valence-corrected chi connectivity index (χ4v) is 1.42. The third-order valence-electron chi connectivity index (χ3n) is 2.32. The van der Waals surface area contributed by atoms with E-state index >= 15 is 0 Å². The maximum absolute atomic E-state index is 12.6. The Balaban J connectivity index is 3.36. The average molecular weight is 296 g/mol. The Morgan fingerprint density at radius 1 is 0.900 bits per heavy atom. The van der Waals surface area contributed by atoms with Crippen LogP contribution in [-0.2, 0) is 12.4 Å². The van der Waals surface area contributed by atoms with Gasteiger partial charge in [-0.1, -0.05) is 0 Å². The molecule has 0 aromatic heterocycles. The number of nitriles is 1. The molecule has 110 valence electrons. The van der Waals surface area contributed by atoms with E-state index in [1.165, 1.54) is 13.8 Å². The highest BCUT2D eigenvalue weighted by atomic mass is 19.4. The van der Waals surface area contributed by atoms with E-state index in [1.54, 1.807) is 6.07 Å². The predicted molar refractivity (Wildman–Crippen MR) is 59.8 cm³/mol. The Morgan fingerprint density at radius 2 is 1.30 bits per heavy atom. The molecule has 1 aromatic carbocycles. The second kappa shape index (κ2) is 4.89. The molecule has 0 radical (unpaired) electrons. The first kappa shape index (κ1) is 16.1. The van der Waals surface area contributed by atoms with Crippen LogP contribution in [0.2, 0.25) is 0 Å². The minimum atomic E-state index is -4.91. The molecule has 0 saturated carbocycles. The fourth-order valence-electron chi connectivity index (χ4n) is 1.42. The molecule has 0 aliphatic carbocycles. The summed E-state index contributed by atoms with van der Waals surface area (Å²) in [4.78, 5) is 0. The molecule has 1 rings (SSSR count). The van der Waals surface area contributed by atoms with Gasteiger partial charge in [0.1, 0.15) is 5.54 Å². The van der Waals surface area contributed by atoms with Gasteiger partial charge in [-0.25, -0.2) is 0 Å². The molecular weight excluding hydrogens is 286 g/mol. The number of nitrogens with zero attached hydrogens (tertiary/aromatic N) is 1. The molecule has 0 saturated heterocycles. The van der Waals surface area contributed by atoms with Crippen molar-refractivity contribution in [3.05, 3.63) is 29.3 Å². The van der Waals surface area contributed by atoms with E-state index in [9.17, 15) is 26.3 Å². The van der Waals surface area contributed by atoms with Crippen molar-refractivity contribution < 1.29 is 26.3 Å². The molecule has 20 heavy (non-hydrogen) atoms. The number of rotatable bonds is 2. The molecule has 0 unspecified atom stereocenters. The van der Waals surface area contributed by atoms with Crippen molar-refractivity contribution in [2.75, 3.05) is 5.32 Å². The zero-order chi connectivity index (χ0) is 15.8. The molecule has 1 aromatic rings. The molecule has 8 heteroatoms. The highest BCUT2D eigenvalue weighted by molar-refractivity contribution is 5.53. The molecular formula is C12H10F6N2. The Labute approximate surface area is 111 Å². The van der Waals surface area contributed by atoms with Gasteiger partial charge in [0.05, 0.1) is 17.2 Å². The highest BCUT2D eigenvalue weighted by Crippen LogP contribution is 2.37. The van der Waals surface area contributed by atoms with Crippen LogP contribution in [-0.4, -0.2) is 5.54 Å². The fraction of sp³-hybridized carbons (Fsp3) is 0.417. The van der Waals surface area contributed by atoms with Crippen LogP contribution in [0.4, 0.5) is 32.0 Å². The van der Waals surface area contributed by atoms with E-state index in [4.69, 9.17) is 5.26 Å². The number of anilines is 1. The molecule has 2 nitrogen and oxygen atoms in total. The van der Waals surface area contributed by atoms with Gasteiger partial charge in [-0.15, -0.1) is 0 Å². The maximum atomic E-state index is 12.6. The van der Waals surface area contributed by atoms with Crippen LogP contribution in [0.25, 0.3) is 0 Å². The van der Waals surface area contributed by atoms with Gasteiger partial charge in [0, 0.05) is 5.69 Å². The standard InChI is InChI=1S/C12H10F6N2/c1-10(2,6-19)20-9-4-7(11(13,14)15)3-8(5-9)12(16,17)18/h3-5,20H,1-2H3. The van der Waals surface area contributed by atoms with Crippen molar-refractivity contribution >= 4 is 5.69 Å². The van der Waals surface area contributed by atoms with E-state index in [2.05, 4.69) is 5.32 Å². The zero-order valence-electron chi connectivity index (χ0n) is 10.4. The number of hydrogen-bond acceptors (Lipinski definition) is 2. The molecule has 0 heterocycles. The SMILES string of the molecule is CC(C)(C#N)Nc1cc(C(F)(F)F)cc(C(F)(F)F)c1. The summed E-state index contributed by atoms with van der Waals surface area (Å²) in [5.41, 5.74) is -4.57. The summed E-state index contributed by atoms with van der Waals surface area (Å²) < 4.78 is 75.5. The molecule has 0 atom stereocenters. The third kappa shape index (κ3) is 4.05. The largest absolute Gasteiger partial charge is 0.416 e. The lowest BCUT2D eigenvalue weighted by Gasteiger charge is -2.21. The van der Waals surface area contributed by atoms with E-state index < -0.39 is 34.7 Å². The van der Waals surface area contributed by atoms with E-state index in [0.717, 1.165) is 0 Å². The summed E-state index contributed by atoms with van der Waals surface area (Å²) in [5, 5.41) is 11.1. The predicted octanol–water partition coefficient (Wildman–Crippen LogP) is 4.44. The Hall–Kier alpha value is -1.91. The molecule has 0 bridgehead atoms. The second-order valence-corrected chi connectivity index (χ2v) is 4.66. The molecule has 0 amide bonds. The van der Waals surface area contributed by atoms with Crippen molar-refractivity contribution in [2.24, 2.45) is 0 Å². The van der Waals surface area contributed by atoms with Gasteiger partial charge < -0.3 is 5.32 Å². The lowest BCUT2D eigenvalue weighted by atomic mass is 10.0. The first-order valence-corrected chi connectivity index (χ1v) is 5.34. The molecule has 0 aliphatic rings. The van der Waals surface area contributed by atoms with Gasteiger partial charge in [-0.3, -0.25) is 0 Å². The Kier molecular flexibility index (Phi) is 3.94. The van der Waals surface area contributed by atoms with Crippen LogP contribution in [0.5, 0.6) is 0 Å².